The van der Waals surface area contributed by atoms with E-state index in [-0.39, 0.29) is 11.9 Å². The lowest BCUT2D eigenvalue weighted by atomic mass is 9.82. The maximum atomic E-state index is 11.8. The third-order valence-electron chi connectivity index (χ3n) is 8.10. The van der Waals surface area contributed by atoms with Gasteiger partial charge in [-0.05, 0) is 69.4 Å². The summed E-state index contributed by atoms with van der Waals surface area (Å²) < 4.78 is 11.2. The third kappa shape index (κ3) is 6.20. The van der Waals surface area contributed by atoms with Crippen LogP contribution in [-0.2, 0) is 14.3 Å². The second-order valence-electron chi connectivity index (χ2n) is 10.4. The maximum Gasteiger partial charge on any atom is 0.308 e. The number of aromatic nitrogens is 3. The summed E-state index contributed by atoms with van der Waals surface area (Å²) in [6, 6.07) is 4.23. The third-order valence-corrected chi connectivity index (χ3v) is 9.24. The first-order valence-corrected chi connectivity index (χ1v) is 14.3. The monoisotopic (exact) mass is 498 g/mol. The number of pyridine rings is 1. The van der Waals surface area contributed by atoms with Crippen LogP contribution in [0.3, 0.4) is 0 Å². The molecule has 0 unspecified atom stereocenters. The van der Waals surface area contributed by atoms with Crippen LogP contribution in [0.4, 0.5) is 5.82 Å². The van der Waals surface area contributed by atoms with Crippen molar-refractivity contribution in [1.82, 2.24) is 15.2 Å². The smallest absolute Gasteiger partial charge is 0.308 e. The zero-order valence-corrected chi connectivity index (χ0v) is 21.7. The van der Waals surface area contributed by atoms with Crippen molar-refractivity contribution in [2.75, 3.05) is 31.7 Å². The number of piperidine rings is 1. The lowest BCUT2D eigenvalue weighted by Crippen LogP contribution is -2.38. The molecule has 35 heavy (non-hydrogen) atoms. The molecule has 1 saturated heterocycles. The van der Waals surface area contributed by atoms with E-state index in [1.165, 1.54) is 39.2 Å². The van der Waals surface area contributed by atoms with Gasteiger partial charge >= 0.3 is 5.97 Å². The Bertz CT molecular complexity index is 944. The molecule has 3 fully saturated rings. The molecule has 2 aromatic rings. The molecule has 3 aliphatic rings. The Morgan fingerprint density at radius 3 is 2.46 bits per heavy atom. The largest absolute Gasteiger partial charge is 0.469 e. The van der Waals surface area contributed by atoms with Crippen LogP contribution in [-0.4, -0.2) is 54.1 Å². The Kier molecular flexibility index (Phi) is 8.29. The predicted octanol–water partition coefficient (Wildman–Crippen LogP) is 5.61. The van der Waals surface area contributed by atoms with Gasteiger partial charge in [0.25, 0.3) is 0 Å². The van der Waals surface area contributed by atoms with E-state index >= 15 is 0 Å². The van der Waals surface area contributed by atoms with Gasteiger partial charge in [0.2, 0.25) is 0 Å². The lowest BCUT2D eigenvalue weighted by Gasteiger charge is -2.33. The van der Waals surface area contributed by atoms with E-state index in [2.05, 4.69) is 27.2 Å². The van der Waals surface area contributed by atoms with Gasteiger partial charge in [-0.25, -0.2) is 4.98 Å². The van der Waals surface area contributed by atoms with E-state index < -0.39 is 0 Å². The molecule has 0 atom stereocenters. The summed E-state index contributed by atoms with van der Waals surface area (Å²) in [4.78, 5) is 18.9. The van der Waals surface area contributed by atoms with Gasteiger partial charge in [0.1, 0.15) is 15.8 Å². The number of methoxy groups -OCH3 is 1. The molecular formula is C27H38N4O3S. The molecule has 2 aromatic heterocycles. The molecule has 2 saturated carbocycles. The van der Waals surface area contributed by atoms with E-state index in [9.17, 15) is 4.79 Å². The zero-order chi connectivity index (χ0) is 24.0. The molecule has 3 heterocycles. The Labute approximate surface area is 212 Å². The number of esters is 1. The number of hydrogen-bond donors (Lipinski definition) is 0. The van der Waals surface area contributed by atoms with Gasteiger partial charge < -0.3 is 14.4 Å². The minimum atomic E-state index is -0.0798. The molecule has 7 nitrogen and oxygen atoms in total. The number of nitrogens with zero attached hydrogens (tertiary/aromatic N) is 4. The highest BCUT2D eigenvalue weighted by molar-refractivity contribution is 7.14. The first kappa shape index (κ1) is 24.6. The quantitative estimate of drug-likeness (QED) is 0.459. The average molecular weight is 499 g/mol. The van der Waals surface area contributed by atoms with Crippen molar-refractivity contribution in [3.63, 3.8) is 0 Å². The molecule has 2 aliphatic carbocycles. The molecular weight excluding hydrogens is 460 g/mol. The van der Waals surface area contributed by atoms with Crippen molar-refractivity contribution in [2.24, 2.45) is 11.8 Å². The van der Waals surface area contributed by atoms with Crippen LogP contribution in [0.25, 0.3) is 10.6 Å². The van der Waals surface area contributed by atoms with Crippen LogP contribution in [0.5, 0.6) is 0 Å². The maximum absolute atomic E-state index is 11.8. The van der Waals surface area contributed by atoms with Crippen LogP contribution in [0.2, 0.25) is 0 Å². The van der Waals surface area contributed by atoms with Gasteiger partial charge in [-0.1, -0.05) is 30.6 Å². The average Bonchev–Trinajstić information content (AvgIpc) is 3.43. The summed E-state index contributed by atoms with van der Waals surface area (Å²) in [5, 5.41) is 10.9. The van der Waals surface area contributed by atoms with Crippen molar-refractivity contribution in [3.8, 4) is 10.6 Å². The minimum Gasteiger partial charge on any atom is -0.469 e. The van der Waals surface area contributed by atoms with Crippen molar-refractivity contribution < 1.29 is 14.3 Å². The van der Waals surface area contributed by atoms with Gasteiger partial charge in [0.05, 0.1) is 19.1 Å². The van der Waals surface area contributed by atoms with Crippen molar-refractivity contribution in [1.29, 1.82) is 0 Å². The van der Waals surface area contributed by atoms with Gasteiger partial charge in [0, 0.05) is 37.4 Å². The number of carbonyl (C=O) groups is 1. The molecule has 8 heteroatoms. The van der Waals surface area contributed by atoms with E-state index in [4.69, 9.17) is 14.5 Å². The second-order valence-corrected chi connectivity index (χ2v) is 11.5. The van der Waals surface area contributed by atoms with Crippen LogP contribution >= 0.6 is 11.3 Å². The van der Waals surface area contributed by atoms with Gasteiger partial charge in [-0.2, -0.15) is 0 Å². The van der Waals surface area contributed by atoms with Crippen LogP contribution < -0.4 is 4.90 Å². The van der Waals surface area contributed by atoms with Crippen LogP contribution in [0.15, 0.2) is 18.3 Å². The standard InChI is InChI=1S/C27H38N4O3S/c1-33-27(32)21-9-7-20(8-10-21)25-29-30-26(35-25)22-11-12-24(28-17-22)31-15-13-23(14-16-31)34-18-19-5-3-2-4-6-19/h11-12,17,19-21,23H,2-10,13-16,18H2,1H3/t20-,21-. The second kappa shape index (κ2) is 11.8. The van der Waals surface area contributed by atoms with Crippen LogP contribution in [0, 0.1) is 11.8 Å². The highest BCUT2D eigenvalue weighted by Gasteiger charge is 2.29. The number of ether oxygens (including phenoxy) is 2. The first-order valence-electron chi connectivity index (χ1n) is 13.4. The van der Waals surface area contributed by atoms with E-state index in [1.807, 2.05) is 6.20 Å². The van der Waals surface area contributed by atoms with Crippen LogP contribution in [0.1, 0.15) is 81.6 Å². The number of anilines is 1. The predicted molar refractivity (Wildman–Crippen MR) is 138 cm³/mol. The summed E-state index contributed by atoms with van der Waals surface area (Å²) in [6.07, 6.45) is 15.0. The summed E-state index contributed by atoms with van der Waals surface area (Å²) >= 11 is 1.66. The Morgan fingerprint density at radius 2 is 1.77 bits per heavy atom. The summed E-state index contributed by atoms with van der Waals surface area (Å²) in [5.41, 5.74) is 1.02. The normalized spacial score (nSPS) is 24.4. The molecule has 0 amide bonds. The Morgan fingerprint density at radius 1 is 1.00 bits per heavy atom. The van der Waals surface area contributed by atoms with Gasteiger partial charge in [-0.15, -0.1) is 10.2 Å². The summed E-state index contributed by atoms with van der Waals surface area (Å²) in [7, 11) is 1.47. The Hall–Kier alpha value is -2.06. The van der Waals surface area contributed by atoms with Gasteiger partial charge in [0.15, 0.2) is 0 Å². The molecule has 0 aromatic carbocycles. The van der Waals surface area contributed by atoms with Crippen molar-refractivity contribution in [2.45, 2.75) is 82.7 Å². The number of carbonyl (C=O) groups excluding carboxylic acids is 1. The molecule has 0 radical (unpaired) electrons. The Balaban J connectivity index is 1.10. The van der Waals surface area contributed by atoms with E-state index in [0.29, 0.717) is 12.0 Å². The van der Waals surface area contributed by atoms with Gasteiger partial charge in [-0.3, -0.25) is 4.79 Å². The fourth-order valence-electron chi connectivity index (χ4n) is 5.84. The zero-order valence-electron chi connectivity index (χ0n) is 20.9. The SMILES string of the molecule is COC(=O)[C@H]1CC[C@H](c2nnc(-c3ccc(N4CCC(OCC5CCCCC5)CC4)nc3)s2)CC1. The molecule has 5 rings (SSSR count). The molecule has 0 spiro atoms. The van der Waals surface area contributed by atoms with Crippen molar-refractivity contribution >= 4 is 23.1 Å². The molecule has 0 bridgehead atoms. The van der Waals surface area contributed by atoms with E-state index in [0.717, 1.165) is 85.5 Å². The highest BCUT2D eigenvalue weighted by atomic mass is 32.1. The fraction of sp³-hybridized carbons (Fsp3) is 0.704. The highest BCUT2D eigenvalue weighted by Crippen LogP contribution is 2.39. The van der Waals surface area contributed by atoms with Crippen molar-refractivity contribution in [3.05, 3.63) is 23.3 Å². The number of hydrogen-bond acceptors (Lipinski definition) is 8. The lowest BCUT2D eigenvalue weighted by molar-refractivity contribution is -0.146. The topological polar surface area (TPSA) is 77.4 Å². The molecule has 0 N–H and O–H groups in total. The number of rotatable bonds is 7. The fourth-order valence-corrected chi connectivity index (χ4v) is 6.84. The molecule has 190 valence electrons. The summed E-state index contributed by atoms with van der Waals surface area (Å²) in [6.45, 7) is 2.95. The first-order chi connectivity index (χ1) is 17.2. The van der Waals surface area contributed by atoms with E-state index in [1.54, 1.807) is 11.3 Å². The molecule has 1 aliphatic heterocycles. The summed E-state index contributed by atoms with van der Waals surface area (Å²) in [5.74, 6) is 2.16. The minimum absolute atomic E-state index is 0.0360.